The molecular weight excluding hydrogens is 390 g/mol. The second kappa shape index (κ2) is 7.85. The SMILES string of the molecule is Cc1c[nH]c(=O)n1-c1ccccc1NC(=O)/C=C/C1=Cc2cc(Cl)ccc2OC1. The molecule has 1 aromatic heterocycles. The van der Waals surface area contributed by atoms with Crippen LogP contribution in [-0.2, 0) is 4.79 Å². The van der Waals surface area contributed by atoms with Gasteiger partial charge in [-0.1, -0.05) is 29.8 Å². The van der Waals surface area contributed by atoms with Crippen LogP contribution in [0.4, 0.5) is 5.69 Å². The fourth-order valence-corrected chi connectivity index (χ4v) is 3.33. The molecule has 0 atom stereocenters. The zero-order valence-corrected chi connectivity index (χ0v) is 16.4. The molecule has 3 aromatic rings. The topological polar surface area (TPSA) is 76.1 Å². The number of anilines is 1. The van der Waals surface area contributed by atoms with Gasteiger partial charge in [-0.3, -0.25) is 9.36 Å². The Hall–Kier alpha value is -3.51. The molecular formula is C22H18ClN3O3. The Kier molecular flexibility index (Phi) is 5.10. The standard InChI is InChI=1S/C22H18ClN3O3/c1-14-12-24-22(28)26(14)19-5-3-2-4-18(19)25-21(27)9-6-15-10-16-11-17(23)7-8-20(16)29-13-15/h2-12H,13H2,1H3,(H,24,28)(H,25,27)/b9-6+. The lowest BCUT2D eigenvalue weighted by atomic mass is 10.1. The van der Waals surface area contributed by atoms with Gasteiger partial charge in [-0.05, 0) is 48.9 Å². The number of nitrogens with one attached hydrogen (secondary N) is 2. The summed E-state index contributed by atoms with van der Waals surface area (Å²) >= 11 is 6.03. The largest absolute Gasteiger partial charge is 0.488 e. The predicted octanol–water partition coefficient (Wildman–Crippen LogP) is 4.10. The quantitative estimate of drug-likeness (QED) is 0.639. The minimum atomic E-state index is -0.309. The molecule has 0 saturated heterocycles. The number of aromatic nitrogens is 2. The number of aromatic amines is 1. The Balaban J connectivity index is 1.54. The molecule has 0 bridgehead atoms. The Bertz CT molecular complexity index is 1200. The van der Waals surface area contributed by atoms with Crippen LogP contribution in [0, 0.1) is 6.92 Å². The van der Waals surface area contributed by atoms with Gasteiger partial charge in [0.25, 0.3) is 0 Å². The molecule has 1 amide bonds. The van der Waals surface area contributed by atoms with Crippen molar-refractivity contribution >= 4 is 29.3 Å². The van der Waals surface area contributed by atoms with E-state index in [1.807, 2.05) is 31.2 Å². The molecule has 1 aliphatic rings. The van der Waals surface area contributed by atoms with Crippen molar-refractivity contribution in [2.45, 2.75) is 6.92 Å². The van der Waals surface area contributed by atoms with Crippen molar-refractivity contribution in [1.29, 1.82) is 0 Å². The maximum absolute atomic E-state index is 12.5. The first-order valence-corrected chi connectivity index (χ1v) is 9.37. The Morgan fingerprint density at radius 3 is 2.90 bits per heavy atom. The number of rotatable bonds is 4. The summed E-state index contributed by atoms with van der Waals surface area (Å²) in [5.41, 5.74) is 3.34. The number of carbonyl (C=O) groups excluding carboxylic acids is 1. The fraction of sp³-hybridized carbons (Fsp3) is 0.0909. The van der Waals surface area contributed by atoms with E-state index in [9.17, 15) is 9.59 Å². The van der Waals surface area contributed by atoms with E-state index in [-0.39, 0.29) is 11.6 Å². The second-order valence-corrected chi connectivity index (χ2v) is 7.04. The van der Waals surface area contributed by atoms with Crippen molar-refractivity contribution < 1.29 is 9.53 Å². The van der Waals surface area contributed by atoms with Crippen molar-refractivity contribution in [2.24, 2.45) is 0 Å². The zero-order valence-electron chi connectivity index (χ0n) is 15.6. The Morgan fingerprint density at radius 2 is 2.10 bits per heavy atom. The fourth-order valence-electron chi connectivity index (χ4n) is 3.15. The smallest absolute Gasteiger partial charge is 0.330 e. The van der Waals surface area contributed by atoms with Gasteiger partial charge in [0.2, 0.25) is 5.91 Å². The highest BCUT2D eigenvalue weighted by Gasteiger charge is 2.12. The van der Waals surface area contributed by atoms with Crippen LogP contribution in [0.1, 0.15) is 11.3 Å². The van der Waals surface area contributed by atoms with E-state index >= 15 is 0 Å². The molecule has 146 valence electrons. The number of nitrogens with zero attached hydrogens (tertiary/aromatic N) is 1. The summed E-state index contributed by atoms with van der Waals surface area (Å²) in [5, 5.41) is 3.46. The third-order valence-electron chi connectivity index (χ3n) is 4.52. The molecule has 2 N–H and O–H groups in total. The average Bonchev–Trinajstić information content (AvgIpc) is 3.04. The minimum absolute atomic E-state index is 0.262. The molecule has 0 radical (unpaired) electrons. The molecule has 0 saturated carbocycles. The van der Waals surface area contributed by atoms with Crippen molar-refractivity contribution in [3.63, 3.8) is 0 Å². The highest BCUT2D eigenvalue weighted by Crippen LogP contribution is 2.29. The van der Waals surface area contributed by atoms with Crippen molar-refractivity contribution in [1.82, 2.24) is 9.55 Å². The van der Waals surface area contributed by atoms with Crippen LogP contribution in [0.15, 0.2) is 71.2 Å². The number of imidazole rings is 1. The van der Waals surface area contributed by atoms with Gasteiger partial charge in [0.05, 0.1) is 11.4 Å². The van der Waals surface area contributed by atoms with Crippen LogP contribution in [0.5, 0.6) is 5.75 Å². The molecule has 4 rings (SSSR count). The van der Waals surface area contributed by atoms with E-state index in [2.05, 4.69) is 10.3 Å². The maximum atomic E-state index is 12.5. The van der Waals surface area contributed by atoms with Gasteiger partial charge in [-0.15, -0.1) is 0 Å². The van der Waals surface area contributed by atoms with Gasteiger partial charge in [0, 0.05) is 28.6 Å². The van der Waals surface area contributed by atoms with Gasteiger partial charge >= 0.3 is 5.69 Å². The lowest BCUT2D eigenvalue weighted by Crippen LogP contribution is -2.19. The van der Waals surface area contributed by atoms with Gasteiger partial charge in [-0.25, -0.2) is 4.79 Å². The number of hydrogen-bond acceptors (Lipinski definition) is 3. The third-order valence-corrected chi connectivity index (χ3v) is 4.75. The van der Waals surface area contributed by atoms with Crippen LogP contribution < -0.4 is 15.7 Å². The summed E-state index contributed by atoms with van der Waals surface area (Å²) in [5.74, 6) is 0.453. The summed E-state index contributed by atoms with van der Waals surface area (Å²) in [7, 11) is 0. The van der Waals surface area contributed by atoms with Crippen molar-refractivity contribution in [3.8, 4) is 11.4 Å². The summed E-state index contributed by atoms with van der Waals surface area (Å²) < 4.78 is 7.20. The average molecular weight is 408 g/mol. The monoisotopic (exact) mass is 407 g/mol. The normalized spacial score (nSPS) is 13.0. The first-order valence-electron chi connectivity index (χ1n) is 9.00. The van der Waals surface area contributed by atoms with Gasteiger partial charge in [0.15, 0.2) is 0 Å². The van der Waals surface area contributed by atoms with Gasteiger partial charge in [-0.2, -0.15) is 0 Å². The Labute approximate surface area is 172 Å². The summed E-state index contributed by atoms with van der Waals surface area (Å²) in [6.07, 6.45) is 6.70. The number of carbonyl (C=O) groups is 1. The van der Waals surface area contributed by atoms with E-state index in [0.717, 1.165) is 22.6 Å². The molecule has 6 nitrogen and oxygen atoms in total. The number of benzene rings is 2. The first-order chi connectivity index (χ1) is 14.0. The van der Waals surface area contributed by atoms with E-state index in [1.54, 1.807) is 36.5 Å². The van der Waals surface area contributed by atoms with Crippen LogP contribution in [0.3, 0.4) is 0 Å². The lowest BCUT2D eigenvalue weighted by Gasteiger charge is -2.16. The van der Waals surface area contributed by atoms with E-state index < -0.39 is 0 Å². The van der Waals surface area contributed by atoms with Gasteiger partial charge in [0.1, 0.15) is 12.4 Å². The van der Waals surface area contributed by atoms with E-state index in [1.165, 1.54) is 10.6 Å². The minimum Gasteiger partial charge on any atom is -0.488 e. The van der Waals surface area contributed by atoms with Crippen LogP contribution >= 0.6 is 11.6 Å². The molecule has 0 aliphatic carbocycles. The molecule has 0 unspecified atom stereocenters. The number of para-hydroxylation sites is 2. The molecule has 0 spiro atoms. The highest BCUT2D eigenvalue weighted by molar-refractivity contribution is 6.30. The van der Waals surface area contributed by atoms with E-state index in [0.29, 0.717) is 23.0 Å². The molecule has 1 aliphatic heterocycles. The number of hydrogen-bond donors (Lipinski definition) is 2. The van der Waals surface area contributed by atoms with Crippen molar-refractivity contribution in [2.75, 3.05) is 11.9 Å². The number of fused-ring (bicyclic) bond motifs is 1. The summed E-state index contributed by atoms with van der Waals surface area (Å²) in [4.78, 5) is 27.2. The lowest BCUT2D eigenvalue weighted by molar-refractivity contribution is -0.111. The van der Waals surface area contributed by atoms with Crippen molar-refractivity contribution in [3.05, 3.63) is 93.2 Å². The number of amides is 1. The molecule has 29 heavy (non-hydrogen) atoms. The molecule has 2 heterocycles. The number of halogens is 1. The number of H-pyrrole nitrogens is 1. The molecule has 2 aromatic carbocycles. The zero-order chi connectivity index (χ0) is 20.4. The summed E-state index contributed by atoms with van der Waals surface area (Å²) in [6, 6.07) is 12.6. The second-order valence-electron chi connectivity index (χ2n) is 6.60. The predicted molar refractivity (Wildman–Crippen MR) is 114 cm³/mol. The van der Waals surface area contributed by atoms with Gasteiger partial charge < -0.3 is 15.0 Å². The molecule has 7 heteroatoms. The first kappa shape index (κ1) is 18.8. The van der Waals surface area contributed by atoms with Crippen LogP contribution in [0.2, 0.25) is 5.02 Å². The van der Waals surface area contributed by atoms with Crippen LogP contribution in [-0.4, -0.2) is 22.1 Å². The number of ether oxygens (including phenoxy) is 1. The third kappa shape index (κ3) is 4.02. The molecule has 0 fully saturated rings. The van der Waals surface area contributed by atoms with E-state index in [4.69, 9.17) is 16.3 Å². The summed E-state index contributed by atoms with van der Waals surface area (Å²) in [6.45, 7) is 2.18. The highest BCUT2D eigenvalue weighted by atomic mass is 35.5. The maximum Gasteiger partial charge on any atom is 0.330 e. The Morgan fingerprint density at radius 1 is 1.28 bits per heavy atom. The van der Waals surface area contributed by atoms with Crippen LogP contribution in [0.25, 0.3) is 11.8 Å². The number of aryl methyl sites for hydroxylation is 1.